The van der Waals surface area contributed by atoms with Gasteiger partial charge in [-0.15, -0.1) is 0 Å². The predicted octanol–water partition coefficient (Wildman–Crippen LogP) is 2.24. The molecule has 2 heteroatoms. The Kier molecular flexibility index (Phi) is 3.18. The van der Waals surface area contributed by atoms with Crippen molar-refractivity contribution >= 4 is 6.29 Å². The van der Waals surface area contributed by atoms with Crippen molar-refractivity contribution < 1.29 is 4.79 Å². The number of carbonyl (C=O) groups is 1. The second kappa shape index (κ2) is 4.17. The van der Waals surface area contributed by atoms with Crippen molar-refractivity contribution in [3.63, 3.8) is 0 Å². The smallest absolute Gasteiger partial charge is 0.126 e. The molecule has 0 bridgehead atoms. The van der Waals surface area contributed by atoms with E-state index in [1.54, 1.807) is 12.4 Å². The Labute approximate surface area is 79.0 Å². The van der Waals surface area contributed by atoms with Crippen LogP contribution < -0.4 is 0 Å². The molecule has 0 N–H and O–H groups in total. The molecule has 0 aromatic carbocycles. The van der Waals surface area contributed by atoms with Gasteiger partial charge in [-0.1, -0.05) is 13.8 Å². The van der Waals surface area contributed by atoms with E-state index in [0.29, 0.717) is 0 Å². The van der Waals surface area contributed by atoms with Gasteiger partial charge in [0.25, 0.3) is 0 Å². The van der Waals surface area contributed by atoms with Gasteiger partial charge in [0.15, 0.2) is 0 Å². The summed E-state index contributed by atoms with van der Waals surface area (Å²) < 4.78 is 0. The van der Waals surface area contributed by atoms with Gasteiger partial charge in [-0.05, 0) is 30.5 Å². The fourth-order valence-corrected chi connectivity index (χ4v) is 1.22. The van der Waals surface area contributed by atoms with Gasteiger partial charge in [-0.3, -0.25) is 4.98 Å². The Morgan fingerprint density at radius 3 is 2.54 bits per heavy atom. The molecule has 0 amide bonds. The van der Waals surface area contributed by atoms with Crippen molar-refractivity contribution in [2.24, 2.45) is 5.41 Å². The number of pyridine rings is 1. The maximum absolute atomic E-state index is 10.8. The third-order valence-electron chi connectivity index (χ3n) is 2.45. The first kappa shape index (κ1) is 9.90. The molecular weight excluding hydrogens is 162 g/mol. The number of hydrogen-bond donors (Lipinski definition) is 0. The lowest BCUT2D eigenvalue weighted by molar-refractivity contribution is -0.115. The number of aromatic nitrogens is 1. The maximum Gasteiger partial charge on any atom is 0.126 e. The molecule has 0 aliphatic heterocycles. The number of aldehydes is 1. The zero-order valence-corrected chi connectivity index (χ0v) is 8.16. The van der Waals surface area contributed by atoms with Crippen molar-refractivity contribution in [1.29, 1.82) is 0 Å². The van der Waals surface area contributed by atoms with Crippen molar-refractivity contribution in [2.75, 3.05) is 0 Å². The van der Waals surface area contributed by atoms with E-state index >= 15 is 0 Å². The first-order valence-electron chi connectivity index (χ1n) is 4.55. The van der Waals surface area contributed by atoms with Crippen molar-refractivity contribution in [2.45, 2.75) is 26.7 Å². The molecule has 0 aliphatic rings. The largest absolute Gasteiger partial charge is 0.303 e. The molecule has 13 heavy (non-hydrogen) atoms. The summed E-state index contributed by atoms with van der Waals surface area (Å²) in [6, 6.07) is 3.91. The molecule has 0 saturated heterocycles. The average molecular weight is 177 g/mol. The minimum atomic E-state index is -0.221. The van der Waals surface area contributed by atoms with Gasteiger partial charge in [-0.25, -0.2) is 0 Å². The van der Waals surface area contributed by atoms with Gasteiger partial charge >= 0.3 is 0 Å². The first-order chi connectivity index (χ1) is 6.20. The van der Waals surface area contributed by atoms with Gasteiger partial charge in [0, 0.05) is 17.8 Å². The summed E-state index contributed by atoms with van der Waals surface area (Å²) in [5.41, 5.74) is 0.952. The highest BCUT2D eigenvalue weighted by molar-refractivity contribution is 5.59. The average Bonchev–Trinajstić information content (AvgIpc) is 2.19. The van der Waals surface area contributed by atoms with Crippen LogP contribution in [0.3, 0.4) is 0 Å². The predicted molar refractivity (Wildman–Crippen MR) is 52.4 cm³/mol. The lowest BCUT2D eigenvalue weighted by Gasteiger charge is -2.20. The number of carbonyl (C=O) groups excluding carboxylic acids is 1. The van der Waals surface area contributed by atoms with E-state index in [4.69, 9.17) is 0 Å². The lowest BCUT2D eigenvalue weighted by atomic mass is 9.83. The Hall–Kier alpha value is -1.18. The van der Waals surface area contributed by atoms with Crippen LogP contribution in [0.1, 0.15) is 25.8 Å². The first-order valence-corrected chi connectivity index (χ1v) is 4.55. The molecular formula is C11H15NO. The minimum Gasteiger partial charge on any atom is -0.303 e. The van der Waals surface area contributed by atoms with Crippen LogP contribution in [-0.2, 0) is 11.2 Å². The quantitative estimate of drug-likeness (QED) is 0.660. The van der Waals surface area contributed by atoms with Gasteiger partial charge in [0.1, 0.15) is 6.29 Å². The zero-order chi connectivity index (χ0) is 9.73. The summed E-state index contributed by atoms with van der Waals surface area (Å²) in [5, 5.41) is 0. The molecule has 0 fully saturated rings. The van der Waals surface area contributed by atoms with E-state index in [1.165, 1.54) is 5.56 Å². The van der Waals surface area contributed by atoms with Crippen LogP contribution in [0, 0.1) is 5.41 Å². The fraction of sp³-hybridized carbons (Fsp3) is 0.455. The summed E-state index contributed by atoms with van der Waals surface area (Å²) >= 11 is 0. The standard InChI is InChI=1S/C11H15NO/c1-3-11(2,9-13)8-10-4-6-12-7-5-10/h4-7,9H,3,8H2,1-2H3. The SMILES string of the molecule is CCC(C)(C=O)Cc1ccncc1. The number of nitrogens with zero attached hydrogens (tertiary/aromatic N) is 1. The van der Waals surface area contributed by atoms with Gasteiger partial charge in [0.05, 0.1) is 0 Å². The zero-order valence-electron chi connectivity index (χ0n) is 8.16. The molecule has 0 spiro atoms. The van der Waals surface area contributed by atoms with Crippen LogP contribution in [-0.4, -0.2) is 11.3 Å². The molecule has 0 aliphatic carbocycles. The van der Waals surface area contributed by atoms with Gasteiger partial charge in [-0.2, -0.15) is 0 Å². The van der Waals surface area contributed by atoms with E-state index in [-0.39, 0.29) is 5.41 Å². The van der Waals surface area contributed by atoms with Crippen molar-refractivity contribution in [1.82, 2.24) is 4.98 Å². The normalized spacial score (nSPS) is 14.9. The molecule has 0 radical (unpaired) electrons. The molecule has 1 rings (SSSR count). The molecule has 1 heterocycles. The summed E-state index contributed by atoms with van der Waals surface area (Å²) in [6.45, 7) is 4.02. The third kappa shape index (κ3) is 2.65. The molecule has 1 unspecified atom stereocenters. The van der Waals surface area contributed by atoms with E-state index < -0.39 is 0 Å². The Balaban J connectivity index is 2.73. The Bertz CT molecular complexity index is 271. The van der Waals surface area contributed by atoms with Crippen LogP contribution in [0.5, 0.6) is 0 Å². The van der Waals surface area contributed by atoms with E-state index in [9.17, 15) is 4.79 Å². The molecule has 0 saturated carbocycles. The van der Waals surface area contributed by atoms with Crippen LogP contribution in [0.2, 0.25) is 0 Å². The van der Waals surface area contributed by atoms with Crippen molar-refractivity contribution in [3.05, 3.63) is 30.1 Å². The lowest BCUT2D eigenvalue weighted by Crippen LogP contribution is -2.20. The molecule has 1 aromatic rings. The highest BCUT2D eigenvalue weighted by Crippen LogP contribution is 2.23. The van der Waals surface area contributed by atoms with Crippen LogP contribution in [0.25, 0.3) is 0 Å². The fourth-order valence-electron chi connectivity index (χ4n) is 1.22. The van der Waals surface area contributed by atoms with E-state index in [0.717, 1.165) is 19.1 Å². The van der Waals surface area contributed by atoms with Crippen LogP contribution >= 0.6 is 0 Å². The van der Waals surface area contributed by atoms with E-state index in [1.807, 2.05) is 26.0 Å². The highest BCUT2D eigenvalue weighted by Gasteiger charge is 2.21. The third-order valence-corrected chi connectivity index (χ3v) is 2.45. The molecule has 1 aromatic heterocycles. The summed E-state index contributed by atoms with van der Waals surface area (Å²) in [4.78, 5) is 14.8. The summed E-state index contributed by atoms with van der Waals surface area (Å²) in [6.07, 6.45) is 6.24. The summed E-state index contributed by atoms with van der Waals surface area (Å²) in [7, 11) is 0. The Morgan fingerprint density at radius 2 is 2.08 bits per heavy atom. The highest BCUT2D eigenvalue weighted by atomic mass is 16.1. The minimum absolute atomic E-state index is 0.221. The second-order valence-electron chi connectivity index (χ2n) is 3.66. The monoisotopic (exact) mass is 177 g/mol. The van der Waals surface area contributed by atoms with Crippen LogP contribution in [0.15, 0.2) is 24.5 Å². The topological polar surface area (TPSA) is 30.0 Å². The Morgan fingerprint density at radius 1 is 1.46 bits per heavy atom. The van der Waals surface area contributed by atoms with Gasteiger partial charge < -0.3 is 4.79 Å². The second-order valence-corrected chi connectivity index (χ2v) is 3.66. The molecule has 70 valence electrons. The van der Waals surface area contributed by atoms with Crippen molar-refractivity contribution in [3.8, 4) is 0 Å². The molecule has 2 nitrogen and oxygen atoms in total. The van der Waals surface area contributed by atoms with Gasteiger partial charge in [0.2, 0.25) is 0 Å². The summed E-state index contributed by atoms with van der Waals surface area (Å²) in [5.74, 6) is 0. The maximum atomic E-state index is 10.8. The van der Waals surface area contributed by atoms with Crippen LogP contribution in [0.4, 0.5) is 0 Å². The van der Waals surface area contributed by atoms with E-state index in [2.05, 4.69) is 4.98 Å². The number of rotatable bonds is 4. The molecule has 1 atom stereocenters. The number of hydrogen-bond acceptors (Lipinski definition) is 2.